The van der Waals surface area contributed by atoms with Gasteiger partial charge < -0.3 is 15.4 Å². The molecule has 1 spiro atoms. The molecule has 0 aromatic rings. The molecule has 1 amide bonds. The lowest BCUT2D eigenvalue weighted by Gasteiger charge is -2.48. The summed E-state index contributed by atoms with van der Waals surface area (Å²) >= 11 is 0. The van der Waals surface area contributed by atoms with E-state index in [9.17, 15) is 4.79 Å². The third-order valence-electron chi connectivity index (χ3n) is 4.49. The third-order valence-corrected chi connectivity index (χ3v) is 4.49. The Bertz CT molecular complexity index is 292. The first-order valence-corrected chi connectivity index (χ1v) is 6.93. The smallest absolute Gasteiger partial charge is 0.220 e. The van der Waals surface area contributed by atoms with E-state index in [1.807, 2.05) is 0 Å². The summed E-state index contributed by atoms with van der Waals surface area (Å²) in [6.07, 6.45) is 7.75. The van der Waals surface area contributed by atoms with Crippen LogP contribution in [0.1, 0.15) is 44.9 Å². The van der Waals surface area contributed by atoms with Crippen molar-refractivity contribution in [2.75, 3.05) is 13.2 Å². The van der Waals surface area contributed by atoms with Gasteiger partial charge in [-0.3, -0.25) is 4.79 Å². The summed E-state index contributed by atoms with van der Waals surface area (Å²) in [5.74, 6) is 0.200. The number of nitrogens with one attached hydrogen (secondary N) is 2. The van der Waals surface area contributed by atoms with Crippen LogP contribution in [0.2, 0.25) is 0 Å². The zero-order valence-electron chi connectivity index (χ0n) is 10.3. The molecular formula is C13H22N2O2. The minimum absolute atomic E-state index is 0.200. The monoisotopic (exact) mass is 238 g/mol. The highest BCUT2D eigenvalue weighted by molar-refractivity contribution is 5.76. The number of rotatable bonds is 2. The number of carbonyl (C=O) groups is 1. The minimum Gasteiger partial charge on any atom is -0.375 e. The van der Waals surface area contributed by atoms with Crippen LogP contribution in [0.15, 0.2) is 0 Å². The van der Waals surface area contributed by atoms with E-state index in [0.29, 0.717) is 18.5 Å². The van der Waals surface area contributed by atoms with Gasteiger partial charge in [0, 0.05) is 31.7 Å². The predicted molar refractivity (Wildman–Crippen MR) is 64.7 cm³/mol. The summed E-state index contributed by atoms with van der Waals surface area (Å²) < 4.78 is 5.93. The zero-order chi connectivity index (χ0) is 11.7. The van der Waals surface area contributed by atoms with Gasteiger partial charge in [-0.1, -0.05) is 0 Å². The molecular weight excluding hydrogens is 216 g/mol. The summed E-state index contributed by atoms with van der Waals surface area (Å²) in [6.45, 7) is 1.69. The Kier molecular flexibility index (Phi) is 3.09. The molecule has 2 atom stereocenters. The quantitative estimate of drug-likeness (QED) is 0.753. The van der Waals surface area contributed by atoms with Gasteiger partial charge in [0.2, 0.25) is 5.91 Å². The lowest BCUT2D eigenvalue weighted by atomic mass is 9.74. The van der Waals surface area contributed by atoms with Crippen molar-refractivity contribution >= 4 is 5.91 Å². The van der Waals surface area contributed by atoms with Crippen LogP contribution >= 0.6 is 0 Å². The number of hydrogen-bond acceptors (Lipinski definition) is 3. The van der Waals surface area contributed by atoms with Gasteiger partial charge in [-0.2, -0.15) is 0 Å². The summed E-state index contributed by atoms with van der Waals surface area (Å²) in [5, 5.41) is 6.64. The molecule has 17 heavy (non-hydrogen) atoms. The second-order valence-electron chi connectivity index (χ2n) is 5.78. The highest BCUT2D eigenvalue weighted by atomic mass is 16.5. The molecule has 2 saturated heterocycles. The molecule has 2 heterocycles. The first kappa shape index (κ1) is 11.5. The molecule has 0 radical (unpaired) electrons. The Morgan fingerprint density at radius 3 is 2.82 bits per heavy atom. The second kappa shape index (κ2) is 4.58. The van der Waals surface area contributed by atoms with Crippen molar-refractivity contribution < 1.29 is 9.53 Å². The number of hydrogen-bond donors (Lipinski definition) is 2. The van der Waals surface area contributed by atoms with E-state index in [1.54, 1.807) is 0 Å². The number of carbonyl (C=O) groups excluding carboxylic acids is 1. The lowest BCUT2D eigenvalue weighted by molar-refractivity contribution is -0.137. The predicted octanol–water partition coefficient (Wildman–Crippen LogP) is 0.956. The Labute approximate surface area is 102 Å². The molecule has 1 saturated carbocycles. The van der Waals surface area contributed by atoms with E-state index in [2.05, 4.69) is 10.6 Å². The number of ether oxygens (including phenoxy) is 1. The van der Waals surface area contributed by atoms with Crippen molar-refractivity contribution in [1.82, 2.24) is 10.6 Å². The van der Waals surface area contributed by atoms with E-state index < -0.39 is 0 Å². The van der Waals surface area contributed by atoms with Crippen LogP contribution in [-0.2, 0) is 9.53 Å². The summed E-state index contributed by atoms with van der Waals surface area (Å²) in [4.78, 5) is 11.1. The van der Waals surface area contributed by atoms with Crippen LogP contribution in [0.25, 0.3) is 0 Å². The summed E-state index contributed by atoms with van der Waals surface area (Å²) in [7, 11) is 0. The van der Waals surface area contributed by atoms with Crippen molar-refractivity contribution in [2.45, 2.75) is 62.6 Å². The van der Waals surface area contributed by atoms with E-state index in [-0.39, 0.29) is 11.5 Å². The first-order chi connectivity index (χ1) is 8.26. The average Bonchev–Trinajstić information content (AvgIpc) is 2.31. The van der Waals surface area contributed by atoms with Crippen LogP contribution in [0.5, 0.6) is 0 Å². The van der Waals surface area contributed by atoms with E-state index in [0.717, 1.165) is 32.4 Å². The molecule has 4 nitrogen and oxygen atoms in total. The normalized spacial score (nSPS) is 36.4. The highest BCUT2D eigenvalue weighted by Crippen LogP contribution is 2.42. The SMILES string of the molecule is O=C1CCC(NC2CCOC3(CCC3)C2)CN1. The molecule has 0 aromatic heterocycles. The fourth-order valence-electron chi connectivity index (χ4n) is 3.30. The highest BCUT2D eigenvalue weighted by Gasteiger charge is 2.42. The molecule has 3 fully saturated rings. The fraction of sp³-hybridized carbons (Fsp3) is 0.923. The van der Waals surface area contributed by atoms with Crippen molar-refractivity contribution in [3.05, 3.63) is 0 Å². The van der Waals surface area contributed by atoms with Crippen LogP contribution < -0.4 is 10.6 Å². The second-order valence-corrected chi connectivity index (χ2v) is 5.78. The average molecular weight is 238 g/mol. The maximum absolute atomic E-state index is 11.1. The van der Waals surface area contributed by atoms with Crippen LogP contribution in [0, 0.1) is 0 Å². The zero-order valence-corrected chi connectivity index (χ0v) is 10.3. The van der Waals surface area contributed by atoms with Gasteiger partial charge in [0.15, 0.2) is 0 Å². The molecule has 3 aliphatic rings. The topological polar surface area (TPSA) is 50.4 Å². The molecule has 96 valence electrons. The van der Waals surface area contributed by atoms with E-state index in [4.69, 9.17) is 4.74 Å². The molecule has 0 bridgehead atoms. The van der Waals surface area contributed by atoms with Crippen LogP contribution in [-0.4, -0.2) is 36.7 Å². The third kappa shape index (κ3) is 2.47. The van der Waals surface area contributed by atoms with E-state index in [1.165, 1.54) is 19.3 Å². The maximum Gasteiger partial charge on any atom is 0.220 e. The molecule has 0 aromatic carbocycles. The Morgan fingerprint density at radius 2 is 2.18 bits per heavy atom. The Hall–Kier alpha value is -0.610. The Balaban J connectivity index is 1.49. The molecule has 2 unspecified atom stereocenters. The number of amides is 1. The van der Waals surface area contributed by atoms with Gasteiger partial charge in [-0.25, -0.2) is 0 Å². The molecule has 4 heteroatoms. The van der Waals surface area contributed by atoms with Crippen molar-refractivity contribution in [3.63, 3.8) is 0 Å². The van der Waals surface area contributed by atoms with Gasteiger partial charge in [-0.15, -0.1) is 0 Å². The van der Waals surface area contributed by atoms with Gasteiger partial charge in [0.1, 0.15) is 0 Å². The van der Waals surface area contributed by atoms with Gasteiger partial charge >= 0.3 is 0 Å². The first-order valence-electron chi connectivity index (χ1n) is 6.93. The maximum atomic E-state index is 11.1. The largest absolute Gasteiger partial charge is 0.375 e. The van der Waals surface area contributed by atoms with E-state index >= 15 is 0 Å². The van der Waals surface area contributed by atoms with Crippen molar-refractivity contribution in [2.24, 2.45) is 0 Å². The van der Waals surface area contributed by atoms with Gasteiger partial charge in [0.25, 0.3) is 0 Å². The van der Waals surface area contributed by atoms with Crippen LogP contribution in [0.4, 0.5) is 0 Å². The van der Waals surface area contributed by atoms with Crippen molar-refractivity contribution in [1.29, 1.82) is 0 Å². The fourth-order valence-corrected chi connectivity index (χ4v) is 3.30. The van der Waals surface area contributed by atoms with Crippen molar-refractivity contribution in [3.8, 4) is 0 Å². The molecule has 3 rings (SSSR count). The van der Waals surface area contributed by atoms with Gasteiger partial charge in [0.05, 0.1) is 5.60 Å². The van der Waals surface area contributed by atoms with Gasteiger partial charge in [-0.05, 0) is 38.5 Å². The molecule has 2 N–H and O–H groups in total. The lowest BCUT2D eigenvalue weighted by Crippen LogP contribution is -2.55. The Morgan fingerprint density at radius 1 is 1.29 bits per heavy atom. The number of piperidine rings is 1. The summed E-state index contributed by atoms with van der Waals surface area (Å²) in [5.41, 5.74) is 0.216. The molecule has 1 aliphatic carbocycles. The summed E-state index contributed by atoms with van der Waals surface area (Å²) in [6, 6.07) is 1.05. The molecule has 2 aliphatic heterocycles. The standard InChI is InChI=1S/C13H22N2O2/c16-12-3-2-11(9-14-12)15-10-4-7-17-13(8-10)5-1-6-13/h10-11,15H,1-9H2,(H,14,16). The minimum atomic E-state index is 0.200. The van der Waals surface area contributed by atoms with Crippen LogP contribution in [0.3, 0.4) is 0 Å².